The van der Waals surface area contributed by atoms with Crippen molar-refractivity contribution in [2.24, 2.45) is 0 Å². The average Bonchev–Trinajstić information content (AvgIpc) is 2.74. The molecule has 0 bridgehead atoms. The Morgan fingerprint density at radius 1 is 1.50 bits per heavy atom. The molecule has 0 spiro atoms. The molecule has 5 heteroatoms. The molecule has 0 aliphatic carbocycles. The van der Waals surface area contributed by atoms with Crippen LogP contribution in [-0.4, -0.2) is 11.6 Å². The highest BCUT2D eigenvalue weighted by molar-refractivity contribution is 9.10. The smallest absolute Gasteiger partial charge is 0.125 e. The van der Waals surface area contributed by atoms with Crippen LogP contribution in [0.3, 0.4) is 0 Å². The monoisotopic (exact) mass is 352 g/mol. The molecule has 0 amide bonds. The van der Waals surface area contributed by atoms with Crippen LogP contribution in [0.15, 0.2) is 28.1 Å². The summed E-state index contributed by atoms with van der Waals surface area (Å²) in [6, 6.07) is 6.62. The van der Waals surface area contributed by atoms with Crippen LogP contribution in [0, 0.1) is 6.92 Å². The number of aromatic nitrogens is 1. The first kappa shape index (κ1) is 14.0. The van der Waals surface area contributed by atoms with E-state index >= 15 is 0 Å². The van der Waals surface area contributed by atoms with Crippen molar-refractivity contribution < 1.29 is 4.74 Å². The molecule has 0 radical (unpaired) electrons. The lowest BCUT2D eigenvalue weighted by Gasteiger charge is -2.18. The molecule has 2 aromatic rings. The maximum atomic E-state index is 5.83. The molecule has 1 atom stereocenters. The van der Waals surface area contributed by atoms with Crippen molar-refractivity contribution in [3.05, 3.63) is 44.3 Å². The Morgan fingerprint density at radius 3 is 3.20 bits per heavy atom. The van der Waals surface area contributed by atoms with E-state index in [2.05, 4.69) is 49.8 Å². The highest BCUT2D eigenvalue weighted by Crippen LogP contribution is 2.33. The second-order valence-electron chi connectivity index (χ2n) is 4.96. The summed E-state index contributed by atoms with van der Waals surface area (Å²) in [5.41, 5.74) is 2.37. The fraction of sp³-hybridized carbons (Fsp3) is 0.400. The minimum atomic E-state index is 0.336. The number of rotatable bonds is 3. The predicted molar refractivity (Wildman–Crippen MR) is 85.3 cm³/mol. The first-order valence-electron chi connectivity index (χ1n) is 6.79. The third kappa shape index (κ3) is 3.22. The molecule has 1 unspecified atom stereocenters. The van der Waals surface area contributed by atoms with E-state index in [0.717, 1.165) is 46.9 Å². The van der Waals surface area contributed by atoms with Gasteiger partial charge in [0.15, 0.2) is 0 Å². The van der Waals surface area contributed by atoms with E-state index in [0.29, 0.717) is 6.04 Å². The zero-order chi connectivity index (χ0) is 13.9. The topological polar surface area (TPSA) is 34.2 Å². The van der Waals surface area contributed by atoms with Crippen LogP contribution in [0.2, 0.25) is 0 Å². The summed E-state index contributed by atoms with van der Waals surface area (Å²) < 4.78 is 6.89. The molecule has 20 heavy (non-hydrogen) atoms. The van der Waals surface area contributed by atoms with Crippen LogP contribution in [0.1, 0.15) is 35.1 Å². The van der Waals surface area contributed by atoms with E-state index < -0.39 is 0 Å². The van der Waals surface area contributed by atoms with Gasteiger partial charge in [0, 0.05) is 28.0 Å². The summed E-state index contributed by atoms with van der Waals surface area (Å²) in [4.78, 5) is 4.51. The Hall–Kier alpha value is -0.910. The van der Waals surface area contributed by atoms with E-state index in [1.807, 2.05) is 6.92 Å². The second-order valence-corrected chi connectivity index (χ2v) is 6.94. The predicted octanol–water partition coefficient (Wildman–Crippen LogP) is 4.22. The summed E-state index contributed by atoms with van der Waals surface area (Å²) in [5, 5.41) is 6.86. The van der Waals surface area contributed by atoms with Crippen molar-refractivity contribution in [1.82, 2.24) is 10.3 Å². The van der Waals surface area contributed by atoms with Gasteiger partial charge in [-0.05, 0) is 31.9 Å². The lowest BCUT2D eigenvalue weighted by Crippen LogP contribution is -2.20. The van der Waals surface area contributed by atoms with E-state index in [1.54, 1.807) is 11.3 Å². The van der Waals surface area contributed by atoms with Crippen LogP contribution in [0.25, 0.3) is 0 Å². The Morgan fingerprint density at radius 2 is 2.40 bits per heavy atom. The van der Waals surface area contributed by atoms with Gasteiger partial charge in [0.05, 0.1) is 17.3 Å². The maximum absolute atomic E-state index is 5.83. The van der Waals surface area contributed by atoms with Crippen LogP contribution >= 0.6 is 27.3 Å². The van der Waals surface area contributed by atoms with Gasteiger partial charge in [-0.3, -0.25) is 0 Å². The minimum absolute atomic E-state index is 0.336. The normalized spacial score (nSPS) is 18.2. The van der Waals surface area contributed by atoms with Crippen molar-refractivity contribution in [1.29, 1.82) is 0 Å². The molecular weight excluding hydrogens is 336 g/mol. The van der Waals surface area contributed by atoms with Gasteiger partial charge in [-0.2, -0.15) is 0 Å². The molecule has 2 heterocycles. The fourth-order valence-electron chi connectivity index (χ4n) is 2.48. The number of nitrogens with one attached hydrogen (secondary N) is 1. The van der Waals surface area contributed by atoms with Crippen molar-refractivity contribution in [2.75, 3.05) is 6.61 Å². The van der Waals surface area contributed by atoms with E-state index in [4.69, 9.17) is 4.74 Å². The maximum Gasteiger partial charge on any atom is 0.125 e. The number of nitrogens with zero attached hydrogens (tertiary/aromatic N) is 1. The Bertz CT molecular complexity index is 599. The van der Waals surface area contributed by atoms with Gasteiger partial charge >= 0.3 is 0 Å². The first-order chi connectivity index (χ1) is 9.72. The van der Waals surface area contributed by atoms with E-state index in [1.165, 1.54) is 5.56 Å². The summed E-state index contributed by atoms with van der Waals surface area (Å²) in [5.74, 6) is 0.990. The van der Waals surface area contributed by atoms with Crippen molar-refractivity contribution in [3.8, 4) is 5.75 Å². The number of aryl methyl sites for hydroxylation is 1. The molecule has 0 fully saturated rings. The summed E-state index contributed by atoms with van der Waals surface area (Å²) in [7, 11) is 0. The number of halogens is 1. The molecule has 1 aliphatic rings. The molecule has 3 rings (SSSR count). The van der Waals surface area contributed by atoms with E-state index in [9.17, 15) is 0 Å². The largest absolute Gasteiger partial charge is 0.493 e. The summed E-state index contributed by atoms with van der Waals surface area (Å²) in [6.45, 7) is 3.64. The number of thiazole rings is 1. The van der Waals surface area contributed by atoms with Crippen LogP contribution in [-0.2, 0) is 6.54 Å². The Kier molecular flexibility index (Phi) is 4.38. The van der Waals surface area contributed by atoms with Crippen molar-refractivity contribution >= 4 is 27.3 Å². The number of ether oxygens (including phenoxy) is 1. The van der Waals surface area contributed by atoms with Crippen LogP contribution in [0.4, 0.5) is 0 Å². The van der Waals surface area contributed by atoms with Gasteiger partial charge in [-0.1, -0.05) is 22.0 Å². The lowest BCUT2D eigenvalue weighted by atomic mass is 10.0. The summed E-state index contributed by atoms with van der Waals surface area (Å²) >= 11 is 5.21. The highest BCUT2D eigenvalue weighted by atomic mass is 79.9. The molecule has 1 N–H and O–H groups in total. The fourth-order valence-corrected chi connectivity index (χ4v) is 3.43. The first-order valence-corrected chi connectivity index (χ1v) is 8.46. The van der Waals surface area contributed by atoms with Crippen LogP contribution < -0.4 is 10.1 Å². The highest BCUT2D eigenvalue weighted by Gasteiger charge is 2.19. The molecule has 1 aromatic carbocycles. The molecular formula is C15H17BrN2OS. The zero-order valence-electron chi connectivity index (χ0n) is 11.4. The molecule has 1 aromatic heterocycles. The van der Waals surface area contributed by atoms with Gasteiger partial charge in [-0.25, -0.2) is 4.98 Å². The third-order valence-electron chi connectivity index (χ3n) is 3.44. The van der Waals surface area contributed by atoms with Crippen molar-refractivity contribution in [3.63, 3.8) is 0 Å². The lowest BCUT2D eigenvalue weighted by molar-refractivity contribution is 0.315. The third-order valence-corrected chi connectivity index (χ3v) is 4.76. The van der Waals surface area contributed by atoms with Gasteiger partial charge in [0.25, 0.3) is 0 Å². The van der Waals surface area contributed by atoms with Gasteiger partial charge in [-0.15, -0.1) is 11.3 Å². The minimum Gasteiger partial charge on any atom is -0.493 e. The zero-order valence-corrected chi connectivity index (χ0v) is 13.8. The quantitative estimate of drug-likeness (QED) is 0.897. The number of hydrogen-bond acceptors (Lipinski definition) is 4. The average molecular weight is 353 g/mol. The number of hydrogen-bond donors (Lipinski definition) is 1. The molecule has 0 saturated carbocycles. The standard InChI is InChI=1S/C15H17BrN2OS/c1-10-18-12(9-20-10)8-17-14-3-2-6-19-15-7-11(16)4-5-13(14)15/h4-5,7,9,14,17H,2-3,6,8H2,1H3. The SMILES string of the molecule is Cc1nc(CNC2CCCOc3cc(Br)ccc32)cs1. The van der Waals surface area contributed by atoms with Gasteiger partial charge in [0.2, 0.25) is 0 Å². The van der Waals surface area contributed by atoms with Crippen molar-refractivity contribution in [2.45, 2.75) is 32.4 Å². The molecule has 0 saturated heterocycles. The van der Waals surface area contributed by atoms with Gasteiger partial charge in [0.1, 0.15) is 5.75 Å². The molecule has 3 nitrogen and oxygen atoms in total. The summed E-state index contributed by atoms with van der Waals surface area (Å²) in [6.07, 6.45) is 2.16. The Balaban J connectivity index is 1.76. The number of fused-ring (bicyclic) bond motifs is 1. The molecule has 106 valence electrons. The molecule has 1 aliphatic heterocycles. The number of benzene rings is 1. The van der Waals surface area contributed by atoms with Gasteiger partial charge < -0.3 is 10.1 Å². The Labute approximate surface area is 131 Å². The van der Waals surface area contributed by atoms with E-state index in [-0.39, 0.29) is 0 Å². The van der Waals surface area contributed by atoms with Crippen LogP contribution in [0.5, 0.6) is 5.75 Å². The second kappa shape index (κ2) is 6.24.